The van der Waals surface area contributed by atoms with Crippen LogP contribution >= 0.6 is 15.9 Å². The average Bonchev–Trinajstić information content (AvgIpc) is 2.29. The van der Waals surface area contributed by atoms with Gasteiger partial charge >= 0.3 is 5.97 Å². The fourth-order valence-electron chi connectivity index (χ4n) is 1.18. The summed E-state index contributed by atoms with van der Waals surface area (Å²) in [5, 5.41) is 0. The molecule has 17 heavy (non-hydrogen) atoms. The number of carbonyl (C=O) groups is 1. The van der Waals surface area contributed by atoms with Crippen LogP contribution in [0.1, 0.15) is 10.5 Å². The number of nitrogens with zero attached hydrogens (tertiary/aromatic N) is 2. The van der Waals surface area contributed by atoms with E-state index in [1.54, 1.807) is 18.2 Å². The molecule has 1 heterocycles. The van der Waals surface area contributed by atoms with Crippen molar-refractivity contribution in [3.8, 4) is 5.75 Å². The summed E-state index contributed by atoms with van der Waals surface area (Å²) in [4.78, 5) is 19.2. The minimum atomic E-state index is -0.572. The van der Waals surface area contributed by atoms with Crippen LogP contribution in [0.15, 0.2) is 41.0 Å². The lowest BCUT2D eigenvalue weighted by molar-refractivity contribution is 0.0728. The molecule has 0 radical (unpaired) electrons. The van der Waals surface area contributed by atoms with Crippen molar-refractivity contribution in [2.45, 2.75) is 0 Å². The number of hydrogen-bond acceptors (Lipinski definition) is 5. The van der Waals surface area contributed by atoms with E-state index in [4.69, 9.17) is 10.5 Å². The van der Waals surface area contributed by atoms with Gasteiger partial charge in [0, 0.05) is 10.7 Å². The molecule has 6 heteroatoms. The number of aromatic nitrogens is 2. The smallest absolute Gasteiger partial charge is 0.362 e. The fourth-order valence-corrected chi connectivity index (χ4v) is 1.56. The van der Waals surface area contributed by atoms with Crippen molar-refractivity contribution < 1.29 is 9.53 Å². The van der Waals surface area contributed by atoms with Crippen molar-refractivity contribution in [1.29, 1.82) is 0 Å². The van der Waals surface area contributed by atoms with E-state index in [2.05, 4.69) is 25.9 Å². The summed E-state index contributed by atoms with van der Waals surface area (Å²) < 4.78 is 5.95. The second-order valence-corrected chi connectivity index (χ2v) is 4.06. The van der Waals surface area contributed by atoms with E-state index in [1.807, 2.05) is 6.07 Å². The maximum absolute atomic E-state index is 11.7. The van der Waals surface area contributed by atoms with Crippen LogP contribution in [0.5, 0.6) is 5.75 Å². The van der Waals surface area contributed by atoms with Gasteiger partial charge < -0.3 is 10.5 Å². The van der Waals surface area contributed by atoms with Crippen LogP contribution in [0.2, 0.25) is 0 Å². The average molecular weight is 294 g/mol. The van der Waals surface area contributed by atoms with E-state index in [0.717, 1.165) is 4.47 Å². The highest BCUT2D eigenvalue weighted by Crippen LogP contribution is 2.18. The molecule has 86 valence electrons. The van der Waals surface area contributed by atoms with Crippen LogP contribution in [-0.2, 0) is 0 Å². The van der Waals surface area contributed by atoms with Gasteiger partial charge in [0.2, 0.25) is 5.95 Å². The first-order valence-electron chi connectivity index (χ1n) is 4.71. The van der Waals surface area contributed by atoms with Gasteiger partial charge in [0.15, 0.2) is 5.69 Å². The number of esters is 1. The topological polar surface area (TPSA) is 78.1 Å². The molecule has 0 bridgehead atoms. The molecule has 0 aliphatic carbocycles. The van der Waals surface area contributed by atoms with Gasteiger partial charge in [0.1, 0.15) is 5.75 Å². The Hall–Kier alpha value is -1.95. The van der Waals surface area contributed by atoms with E-state index < -0.39 is 5.97 Å². The number of anilines is 1. The highest BCUT2D eigenvalue weighted by molar-refractivity contribution is 9.10. The van der Waals surface area contributed by atoms with Crippen LogP contribution in [0, 0.1) is 0 Å². The van der Waals surface area contributed by atoms with Crippen LogP contribution in [0.3, 0.4) is 0 Å². The van der Waals surface area contributed by atoms with Crippen molar-refractivity contribution in [1.82, 2.24) is 9.97 Å². The molecule has 0 spiro atoms. The lowest BCUT2D eigenvalue weighted by Crippen LogP contribution is -2.12. The molecular formula is C11H8BrN3O2. The molecule has 0 saturated carbocycles. The van der Waals surface area contributed by atoms with E-state index in [0.29, 0.717) is 5.75 Å². The Morgan fingerprint density at radius 1 is 1.35 bits per heavy atom. The summed E-state index contributed by atoms with van der Waals surface area (Å²) in [5.74, 6) is -0.104. The van der Waals surface area contributed by atoms with E-state index >= 15 is 0 Å². The van der Waals surface area contributed by atoms with Crippen molar-refractivity contribution in [3.63, 3.8) is 0 Å². The predicted octanol–water partition coefficient (Wildman–Crippen LogP) is 2.04. The monoisotopic (exact) mass is 293 g/mol. The Morgan fingerprint density at radius 3 is 2.88 bits per heavy atom. The zero-order valence-corrected chi connectivity index (χ0v) is 10.2. The summed E-state index contributed by atoms with van der Waals surface area (Å²) in [6.07, 6.45) is 1.40. The lowest BCUT2D eigenvalue weighted by atomic mass is 10.3. The SMILES string of the molecule is Nc1nccc(C(=O)Oc2cccc(Br)c2)n1. The molecule has 0 atom stereocenters. The second-order valence-electron chi connectivity index (χ2n) is 3.15. The molecule has 2 aromatic rings. The maximum atomic E-state index is 11.7. The lowest BCUT2D eigenvalue weighted by Gasteiger charge is -2.03. The largest absolute Gasteiger partial charge is 0.422 e. The third-order valence-corrected chi connectivity index (χ3v) is 2.38. The third-order valence-electron chi connectivity index (χ3n) is 1.89. The summed E-state index contributed by atoms with van der Waals surface area (Å²) in [7, 11) is 0. The van der Waals surface area contributed by atoms with E-state index in [1.165, 1.54) is 12.3 Å². The standard InChI is InChI=1S/C11H8BrN3O2/c12-7-2-1-3-8(6-7)17-10(16)9-4-5-14-11(13)15-9/h1-6H,(H2,13,14,15). The fraction of sp³-hybridized carbons (Fsp3) is 0. The summed E-state index contributed by atoms with van der Waals surface area (Å²) in [6.45, 7) is 0. The van der Waals surface area contributed by atoms with Crippen LogP contribution in [0.4, 0.5) is 5.95 Å². The molecule has 0 amide bonds. The number of nitrogens with two attached hydrogens (primary N) is 1. The molecule has 1 aromatic carbocycles. The quantitative estimate of drug-likeness (QED) is 0.677. The number of ether oxygens (including phenoxy) is 1. The normalized spacial score (nSPS) is 9.94. The highest BCUT2D eigenvalue weighted by atomic mass is 79.9. The van der Waals surface area contributed by atoms with Gasteiger partial charge in [-0.1, -0.05) is 22.0 Å². The number of benzene rings is 1. The van der Waals surface area contributed by atoms with E-state index in [9.17, 15) is 4.79 Å². The molecule has 5 nitrogen and oxygen atoms in total. The summed E-state index contributed by atoms with van der Waals surface area (Å²) in [5.41, 5.74) is 5.50. The van der Waals surface area contributed by atoms with Gasteiger partial charge in [-0.05, 0) is 24.3 Å². The number of rotatable bonds is 2. The zero-order valence-electron chi connectivity index (χ0n) is 8.63. The van der Waals surface area contributed by atoms with E-state index in [-0.39, 0.29) is 11.6 Å². The summed E-state index contributed by atoms with van der Waals surface area (Å²) in [6, 6.07) is 8.40. The van der Waals surface area contributed by atoms with Crippen molar-refractivity contribution in [2.24, 2.45) is 0 Å². The molecule has 0 fully saturated rings. The van der Waals surface area contributed by atoms with Gasteiger partial charge in [0.25, 0.3) is 0 Å². The molecule has 0 aliphatic heterocycles. The van der Waals surface area contributed by atoms with Crippen LogP contribution in [-0.4, -0.2) is 15.9 Å². The Balaban J connectivity index is 2.17. The minimum absolute atomic E-state index is 0.0358. The van der Waals surface area contributed by atoms with Gasteiger partial charge in [-0.25, -0.2) is 14.8 Å². The number of nitrogen functional groups attached to an aromatic ring is 1. The maximum Gasteiger partial charge on any atom is 0.362 e. The first-order valence-corrected chi connectivity index (χ1v) is 5.51. The molecule has 1 aromatic heterocycles. The molecule has 0 unspecified atom stereocenters. The minimum Gasteiger partial charge on any atom is -0.422 e. The molecule has 0 saturated heterocycles. The predicted molar refractivity (Wildman–Crippen MR) is 65.5 cm³/mol. The molecule has 2 N–H and O–H groups in total. The van der Waals surface area contributed by atoms with Crippen molar-refractivity contribution in [3.05, 3.63) is 46.7 Å². The number of hydrogen-bond donors (Lipinski definition) is 1. The summed E-state index contributed by atoms with van der Waals surface area (Å²) >= 11 is 3.28. The molecule has 2 rings (SSSR count). The zero-order chi connectivity index (χ0) is 12.3. The second kappa shape index (κ2) is 4.92. The van der Waals surface area contributed by atoms with Gasteiger partial charge in [-0.3, -0.25) is 0 Å². The Kier molecular flexibility index (Phi) is 3.34. The van der Waals surface area contributed by atoms with Crippen molar-refractivity contribution >= 4 is 27.8 Å². The molecular weight excluding hydrogens is 286 g/mol. The number of carbonyl (C=O) groups excluding carboxylic acids is 1. The first-order chi connectivity index (χ1) is 8.15. The Labute approximate surface area is 106 Å². The molecule has 0 aliphatic rings. The van der Waals surface area contributed by atoms with Gasteiger partial charge in [-0.2, -0.15) is 0 Å². The third kappa shape index (κ3) is 3.01. The van der Waals surface area contributed by atoms with Crippen molar-refractivity contribution in [2.75, 3.05) is 5.73 Å². The van der Waals surface area contributed by atoms with Gasteiger partial charge in [-0.15, -0.1) is 0 Å². The Bertz CT molecular complexity index is 560. The highest BCUT2D eigenvalue weighted by Gasteiger charge is 2.10. The number of halogens is 1. The van der Waals surface area contributed by atoms with Crippen LogP contribution in [0.25, 0.3) is 0 Å². The van der Waals surface area contributed by atoms with Crippen LogP contribution < -0.4 is 10.5 Å². The van der Waals surface area contributed by atoms with Gasteiger partial charge in [0.05, 0.1) is 0 Å². The first kappa shape index (κ1) is 11.5. The Morgan fingerprint density at radius 2 is 2.18 bits per heavy atom.